The van der Waals surface area contributed by atoms with Gasteiger partial charge in [0, 0.05) is 6.42 Å². The minimum atomic E-state index is -0.416. The van der Waals surface area contributed by atoms with Gasteiger partial charge in [0.1, 0.15) is 17.3 Å². The highest BCUT2D eigenvalue weighted by atomic mass is 32.2. The summed E-state index contributed by atoms with van der Waals surface area (Å²) in [4.78, 5) is 27.1. The Labute approximate surface area is 272 Å². The molecule has 0 fully saturated rings. The molecule has 0 unspecified atom stereocenters. The van der Waals surface area contributed by atoms with Crippen LogP contribution in [0.5, 0.6) is 11.5 Å². The third kappa shape index (κ3) is 6.65. The number of nitrogens with one attached hydrogen (secondary N) is 1. The maximum atomic E-state index is 13.8. The van der Waals surface area contributed by atoms with Crippen LogP contribution in [-0.4, -0.2) is 57.3 Å². The molecule has 5 aromatic rings. The third-order valence-corrected chi connectivity index (χ3v) is 9.13. The van der Waals surface area contributed by atoms with Crippen LogP contribution in [0.1, 0.15) is 39.1 Å². The van der Waals surface area contributed by atoms with Gasteiger partial charge in [-0.15, -0.1) is 21.5 Å². The van der Waals surface area contributed by atoms with Gasteiger partial charge in [0.25, 0.3) is 11.8 Å². The van der Waals surface area contributed by atoms with Crippen LogP contribution in [-0.2, 0) is 11.3 Å². The molecule has 2 aromatic heterocycles. The Morgan fingerprint density at radius 1 is 0.978 bits per heavy atom. The van der Waals surface area contributed by atoms with Crippen LogP contribution in [0.4, 0.5) is 4.39 Å². The number of aromatic nitrogens is 3. The first-order chi connectivity index (χ1) is 22.4. The van der Waals surface area contributed by atoms with Crippen molar-refractivity contribution in [2.24, 2.45) is 5.10 Å². The van der Waals surface area contributed by atoms with Crippen LogP contribution in [0, 0.1) is 5.82 Å². The summed E-state index contributed by atoms with van der Waals surface area (Å²) in [6.45, 7) is 0.102. The van der Waals surface area contributed by atoms with Crippen molar-refractivity contribution in [1.29, 1.82) is 0 Å². The Morgan fingerprint density at radius 2 is 1.76 bits per heavy atom. The van der Waals surface area contributed by atoms with Crippen molar-refractivity contribution in [2.45, 2.75) is 24.2 Å². The number of amides is 2. The number of thioether (sulfide) groups is 1. The van der Waals surface area contributed by atoms with E-state index in [0.29, 0.717) is 39.5 Å². The molecule has 0 saturated heterocycles. The van der Waals surface area contributed by atoms with Crippen LogP contribution < -0.4 is 14.8 Å². The number of hydrogen-bond donors (Lipinski definition) is 1. The van der Waals surface area contributed by atoms with Gasteiger partial charge in [-0.1, -0.05) is 42.1 Å². The van der Waals surface area contributed by atoms with Crippen LogP contribution in [0.2, 0.25) is 0 Å². The number of rotatable bonds is 11. The first-order valence-corrected chi connectivity index (χ1v) is 16.1. The van der Waals surface area contributed by atoms with Crippen molar-refractivity contribution in [2.75, 3.05) is 20.0 Å². The lowest BCUT2D eigenvalue weighted by Crippen LogP contribution is -2.28. The van der Waals surface area contributed by atoms with Crippen LogP contribution >= 0.6 is 23.1 Å². The monoisotopic (exact) mass is 656 g/mol. The number of thiophene rings is 1. The molecule has 46 heavy (non-hydrogen) atoms. The lowest BCUT2D eigenvalue weighted by Gasteiger charge is -2.22. The van der Waals surface area contributed by atoms with Gasteiger partial charge >= 0.3 is 0 Å². The standard InChI is InChI=1S/C33H29FN6O4S2/c1-43-24-15-11-21(12-16-24)25-18-27(22-9-13-23(34)14-10-22)40(38-25)31(41)20-46-33-37-36-30(19-35-32(42)29-8-5-17-45-29)39(33)26-6-3-4-7-28(26)44-2/h3-17,27H,18-20H2,1-2H3,(H,35,42)/t27-/m0/s1. The number of hydrogen-bond acceptors (Lipinski definition) is 9. The van der Waals surface area contributed by atoms with Crippen molar-refractivity contribution in [3.8, 4) is 17.2 Å². The fourth-order valence-corrected chi connectivity index (χ4v) is 6.51. The summed E-state index contributed by atoms with van der Waals surface area (Å²) >= 11 is 2.54. The number of benzene rings is 3. The highest BCUT2D eigenvalue weighted by Gasteiger charge is 2.33. The molecule has 13 heteroatoms. The average Bonchev–Trinajstić information content (AvgIpc) is 3.87. The highest BCUT2D eigenvalue weighted by molar-refractivity contribution is 7.99. The van der Waals surface area contributed by atoms with Crippen molar-refractivity contribution < 1.29 is 23.5 Å². The molecular formula is C33H29FN6O4S2. The fraction of sp³-hybridized carbons (Fsp3) is 0.182. The van der Waals surface area contributed by atoms with E-state index in [1.54, 1.807) is 37.0 Å². The van der Waals surface area contributed by atoms with Gasteiger partial charge in [-0.3, -0.25) is 14.2 Å². The second-order valence-corrected chi connectivity index (χ2v) is 12.0. The third-order valence-electron chi connectivity index (χ3n) is 7.35. The lowest BCUT2D eigenvalue weighted by molar-refractivity contribution is -0.130. The van der Waals surface area contributed by atoms with Gasteiger partial charge in [0.15, 0.2) is 11.0 Å². The molecule has 3 heterocycles. The van der Waals surface area contributed by atoms with Crippen LogP contribution in [0.3, 0.4) is 0 Å². The van der Waals surface area contributed by atoms with E-state index in [2.05, 4.69) is 15.5 Å². The summed E-state index contributed by atoms with van der Waals surface area (Å²) in [5, 5.41) is 20.1. The average molecular weight is 657 g/mol. The molecule has 1 aliphatic rings. The van der Waals surface area contributed by atoms with Crippen molar-refractivity contribution in [3.63, 3.8) is 0 Å². The summed E-state index contributed by atoms with van der Waals surface area (Å²) in [6, 6.07) is 24.1. The predicted octanol–water partition coefficient (Wildman–Crippen LogP) is 5.89. The van der Waals surface area contributed by atoms with E-state index in [4.69, 9.17) is 14.6 Å². The molecule has 1 N–H and O–H groups in total. The normalized spacial score (nSPS) is 14.2. The van der Waals surface area contributed by atoms with E-state index in [1.165, 1.54) is 40.2 Å². The maximum Gasteiger partial charge on any atom is 0.261 e. The zero-order chi connectivity index (χ0) is 32.0. The number of ether oxygens (including phenoxy) is 2. The number of nitrogens with zero attached hydrogens (tertiary/aromatic N) is 5. The lowest BCUT2D eigenvalue weighted by atomic mass is 9.98. The first-order valence-electron chi connectivity index (χ1n) is 14.3. The summed E-state index contributed by atoms with van der Waals surface area (Å²) in [7, 11) is 3.17. The summed E-state index contributed by atoms with van der Waals surface area (Å²) in [6.07, 6.45) is 0.458. The number of hydrazone groups is 1. The van der Waals surface area contributed by atoms with Gasteiger partial charge in [0.05, 0.1) is 48.8 Å². The maximum absolute atomic E-state index is 13.8. The van der Waals surface area contributed by atoms with Crippen LogP contribution in [0.15, 0.2) is 101 Å². The van der Waals surface area contributed by atoms with E-state index < -0.39 is 6.04 Å². The molecule has 0 bridgehead atoms. The van der Waals surface area contributed by atoms with Gasteiger partial charge in [-0.05, 0) is 71.1 Å². The van der Waals surface area contributed by atoms with E-state index in [1.807, 2.05) is 60.0 Å². The Hall–Kier alpha value is -5.01. The Morgan fingerprint density at radius 3 is 2.48 bits per heavy atom. The minimum Gasteiger partial charge on any atom is -0.497 e. The molecule has 0 saturated carbocycles. The molecule has 1 aliphatic heterocycles. The van der Waals surface area contributed by atoms with Gasteiger partial charge in [-0.2, -0.15) is 5.10 Å². The number of para-hydroxylation sites is 2. The predicted molar refractivity (Wildman–Crippen MR) is 174 cm³/mol. The SMILES string of the molecule is COc1ccc(C2=NN(C(=O)CSc3nnc(CNC(=O)c4cccs4)n3-c3ccccc3OC)[C@H](c3ccc(F)cc3)C2)cc1. The summed E-state index contributed by atoms with van der Waals surface area (Å²) < 4.78 is 26.5. The summed E-state index contributed by atoms with van der Waals surface area (Å²) in [5.74, 6) is 0.910. The van der Waals surface area contributed by atoms with E-state index in [-0.39, 0.29) is 29.9 Å². The zero-order valence-electron chi connectivity index (χ0n) is 24.9. The molecule has 10 nitrogen and oxygen atoms in total. The van der Waals surface area contributed by atoms with Crippen LogP contribution in [0.25, 0.3) is 5.69 Å². The number of carbonyl (C=O) groups is 2. The Bertz CT molecular complexity index is 1860. The smallest absolute Gasteiger partial charge is 0.261 e. The van der Waals surface area contributed by atoms with E-state index >= 15 is 0 Å². The van der Waals surface area contributed by atoms with Crippen molar-refractivity contribution in [3.05, 3.63) is 118 Å². The molecular weight excluding hydrogens is 628 g/mol. The topological polar surface area (TPSA) is 111 Å². The highest BCUT2D eigenvalue weighted by Crippen LogP contribution is 2.35. The molecule has 6 rings (SSSR count). The minimum absolute atomic E-state index is 0.00801. The molecule has 0 spiro atoms. The van der Waals surface area contributed by atoms with Gasteiger partial charge < -0.3 is 14.8 Å². The Balaban J connectivity index is 1.27. The molecule has 234 valence electrons. The second-order valence-electron chi connectivity index (χ2n) is 10.1. The molecule has 3 aromatic carbocycles. The fourth-order valence-electron chi connectivity index (χ4n) is 5.05. The number of halogens is 1. The van der Waals surface area contributed by atoms with E-state index in [9.17, 15) is 14.0 Å². The molecule has 0 radical (unpaired) electrons. The quantitative estimate of drug-likeness (QED) is 0.177. The number of methoxy groups -OCH3 is 2. The van der Waals surface area contributed by atoms with Crippen molar-refractivity contribution in [1.82, 2.24) is 25.1 Å². The van der Waals surface area contributed by atoms with Gasteiger partial charge in [-0.25, -0.2) is 9.40 Å². The largest absolute Gasteiger partial charge is 0.497 e. The zero-order valence-corrected chi connectivity index (χ0v) is 26.6. The van der Waals surface area contributed by atoms with Gasteiger partial charge in [0.2, 0.25) is 0 Å². The molecule has 1 atom stereocenters. The molecule has 2 amide bonds. The van der Waals surface area contributed by atoms with E-state index in [0.717, 1.165) is 16.8 Å². The second kappa shape index (κ2) is 14.0. The Kier molecular flexibility index (Phi) is 9.41. The summed E-state index contributed by atoms with van der Waals surface area (Å²) in [5.41, 5.74) is 3.03. The number of carbonyl (C=O) groups excluding carboxylic acids is 2. The van der Waals surface area contributed by atoms with Crippen molar-refractivity contribution >= 4 is 40.6 Å². The molecule has 0 aliphatic carbocycles. The first kappa shape index (κ1) is 31.0.